The molecule has 0 aliphatic rings. The number of rotatable bonds is 4. The molecule has 0 rings (SSSR count). The molecule has 0 radical (unpaired) electrons. The second-order valence-corrected chi connectivity index (χ2v) is 3.06. The van der Waals surface area contributed by atoms with Gasteiger partial charge in [-0.25, -0.2) is 4.79 Å². The first-order valence-corrected chi connectivity index (χ1v) is 4.24. The Morgan fingerprint density at radius 3 is 2.14 bits per heavy atom. The fourth-order valence-corrected chi connectivity index (χ4v) is 0.869. The lowest BCUT2D eigenvalue weighted by molar-refractivity contribution is -0.150. The molecule has 80 valence electrons. The van der Waals surface area contributed by atoms with Crippen LogP contribution in [0.4, 0.5) is 0 Å². The smallest absolute Gasteiger partial charge is 0.350 e. The van der Waals surface area contributed by atoms with E-state index in [1.807, 2.05) is 0 Å². The van der Waals surface area contributed by atoms with Crippen LogP contribution in [-0.2, 0) is 14.4 Å². The highest BCUT2D eigenvalue weighted by molar-refractivity contribution is 6.27. The van der Waals surface area contributed by atoms with Crippen LogP contribution in [0.5, 0.6) is 0 Å². The molecule has 0 heterocycles. The average Bonchev–Trinajstić information content (AvgIpc) is 2.02. The number of alkyl halides is 1. The Morgan fingerprint density at radius 1 is 1.36 bits per heavy atom. The zero-order valence-corrected chi connectivity index (χ0v) is 8.51. The number of amides is 2. The van der Waals surface area contributed by atoms with Crippen LogP contribution >= 0.6 is 11.6 Å². The third-order valence-corrected chi connectivity index (χ3v) is 1.61. The van der Waals surface area contributed by atoms with Crippen molar-refractivity contribution in [2.75, 3.05) is 5.88 Å². The SMILES string of the molecule is CC(=O)N[C@@](C)(NC(=O)CCl)C(=O)O. The lowest BCUT2D eigenvalue weighted by Crippen LogP contribution is -2.63. The van der Waals surface area contributed by atoms with E-state index in [0.717, 1.165) is 13.8 Å². The summed E-state index contributed by atoms with van der Waals surface area (Å²) in [4.78, 5) is 32.3. The van der Waals surface area contributed by atoms with Crippen molar-refractivity contribution >= 4 is 29.4 Å². The van der Waals surface area contributed by atoms with Crippen molar-refractivity contribution in [1.82, 2.24) is 10.6 Å². The number of aliphatic carboxylic acids is 1. The van der Waals surface area contributed by atoms with E-state index in [1.165, 1.54) is 0 Å². The largest absolute Gasteiger partial charge is 0.478 e. The minimum absolute atomic E-state index is 0.373. The van der Waals surface area contributed by atoms with Crippen LogP contribution < -0.4 is 10.6 Å². The zero-order valence-electron chi connectivity index (χ0n) is 7.76. The second-order valence-electron chi connectivity index (χ2n) is 2.79. The van der Waals surface area contributed by atoms with Gasteiger partial charge >= 0.3 is 5.97 Å². The van der Waals surface area contributed by atoms with Gasteiger partial charge < -0.3 is 15.7 Å². The average molecular weight is 223 g/mol. The van der Waals surface area contributed by atoms with Crippen LogP contribution in [-0.4, -0.2) is 34.4 Å². The van der Waals surface area contributed by atoms with Gasteiger partial charge in [0.1, 0.15) is 5.88 Å². The molecule has 0 aromatic heterocycles. The van der Waals surface area contributed by atoms with E-state index < -0.39 is 23.4 Å². The maximum absolute atomic E-state index is 10.9. The maximum Gasteiger partial charge on any atom is 0.350 e. The lowest BCUT2D eigenvalue weighted by Gasteiger charge is -2.26. The van der Waals surface area contributed by atoms with Crippen molar-refractivity contribution in [3.8, 4) is 0 Å². The molecule has 0 bridgehead atoms. The molecular formula is C7H11ClN2O4. The van der Waals surface area contributed by atoms with Crippen molar-refractivity contribution in [1.29, 1.82) is 0 Å². The molecule has 0 aromatic carbocycles. The Morgan fingerprint density at radius 2 is 1.86 bits per heavy atom. The first-order chi connectivity index (χ1) is 6.31. The third kappa shape index (κ3) is 3.61. The van der Waals surface area contributed by atoms with Crippen molar-refractivity contribution < 1.29 is 19.5 Å². The Balaban J connectivity index is 4.63. The number of carbonyl (C=O) groups excluding carboxylic acids is 2. The number of nitrogens with one attached hydrogen (secondary N) is 2. The molecule has 14 heavy (non-hydrogen) atoms. The summed E-state index contributed by atoms with van der Waals surface area (Å²) in [6, 6.07) is 0. The quantitative estimate of drug-likeness (QED) is 0.432. The van der Waals surface area contributed by atoms with Gasteiger partial charge in [0.05, 0.1) is 0 Å². The Kier molecular flexibility index (Phi) is 4.36. The van der Waals surface area contributed by atoms with Crippen LogP contribution in [0.1, 0.15) is 13.8 Å². The molecule has 1 atom stereocenters. The summed E-state index contributed by atoms with van der Waals surface area (Å²) in [5.41, 5.74) is -1.82. The first-order valence-electron chi connectivity index (χ1n) is 3.71. The summed E-state index contributed by atoms with van der Waals surface area (Å²) in [7, 11) is 0. The van der Waals surface area contributed by atoms with Gasteiger partial charge in [-0.2, -0.15) is 0 Å². The van der Waals surface area contributed by atoms with Crippen LogP contribution in [0, 0.1) is 0 Å². The number of carboxylic acid groups (broad SMARTS) is 1. The number of hydrogen-bond acceptors (Lipinski definition) is 3. The van der Waals surface area contributed by atoms with Crippen molar-refractivity contribution in [2.45, 2.75) is 19.5 Å². The topological polar surface area (TPSA) is 95.5 Å². The molecule has 0 unspecified atom stereocenters. The highest BCUT2D eigenvalue weighted by Crippen LogP contribution is 1.99. The predicted octanol–water partition coefficient (Wildman–Crippen LogP) is -0.722. The summed E-state index contributed by atoms with van der Waals surface area (Å²) in [5, 5.41) is 12.9. The highest BCUT2D eigenvalue weighted by atomic mass is 35.5. The van der Waals surface area contributed by atoms with E-state index in [-0.39, 0.29) is 5.88 Å². The van der Waals surface area contributed by atoms with Crippen LogP contribution in [0.2, 0.25) is 0 Å². The van der Waals surface area contributed by atoms with Crippen LogP contribution in [0.15, 0.2) is 0 Å². The number of halogens is 1. The number of hydrogen-bond donors (Lipinski definition) is 3. The van der Waals surface area contributed by atoms with Gasteiger partial charge in [-0.15, -0.1) is 11.6 Å². The van der Waals surface area contributed by atoms with Gasteiger partial charge in [0.25, 0.3) is 0 Å². The monoisotopic (exact) mass is 222 g/mol. The van der Waals surface area contributed by atoms with E-state index in [9.17, 15) is 14.4 Å². The van der Waals surface area contributed by atoms with E-state index in [2.05, 4.69) is 10.6 Å². The third-order valence-electron chi connectivity index (χ3n) is 1.36. The Hall–Kier alpha value is -1.30. The van der Waals surface area contributed by atoms with Crippen LogP contribution in [0.25, 0.3) is 0 Å². The lowest BCUT2D eigenvalue weighted by atomic mass is 10.2. The highest BCUT2D eigenvalue weighted by Gasteiger charge is 2.35. The molecule has 0 aliphatic carbocycles. The van der Waals surface area contributed by atoms with Gasteiger partial charge in [0.15, 0.2) is 0 Å². The first kappa shape index (κ1) is 12.7. The Bertz CT molecular complexity index is 268. The number of carbonyl (C=O) groups is 3. The van der Waals surface area contributed by atoms with E-state index >= 15 is 0 Å². The molecular weight excluding hydrogens is 212 g/mol. The molecule has 2 amide bonds. The van der Waals surface area contributed by atoms with Crippen molar-refractivity contribution in [3.05, 3.63) is 0 Å². The predicted molar refractivity (Wildman–Crippen MR) is 48.7 cm³/mol. The summed E-state index contributed by atoms with van der Waals surface area (Å²) in [6.45, 7) is 2.30. The normalized spacial score (nSPS) is 13.9. The molecule has 0 aromatic rings. The van der Waals surface area contributed by atoms with Gasteiger partial charge in [-0.1, -0.05) is 0 Å². The molecule has 0 spiro atoms. The molecule has 0 saturated carbocycles. The summed E-state index contributed by atoms with van der Waals surface area (Å²) < 4.78 is 0. The fraction of sp³-hybridized carbons (Fsp3) is 0.571. The number of carboxylic acids is 1. The van der Waals surface area contributed by atoms with Gasteiger partial charge in [-0.05, 0) is 6.92 Å². The minimum Gasteiger partial charge on any atom is -0.478 e. The van der Waals surface area contributed by atoms with E-state index in [0.29, 0.717) is 0 Å². The molecule has 0 aliphatic heterocycles. The fourth-order valence-electron chi connectivity index (χ4n) is 0.802. The zero-order chi connectivity index (χ0) is 11.4. The summed E-state index contributed by atoms with van der Waals surface area (Å²) >= 11 is 5.18. The molecule has 3 N–H and O–H groups in total. The van der Waals surface area contributed by atoms with Gasteiger partial charge in [-0.3, -0.25) is 9.59 Å². The Labute approximate surface area is 85.6 Å². The van der Waals surface area contributed by atoms with E-state index in [1.54, 1.807) is 0 Å². The van der Waals surface area contributed by atoms with Crippen LogP contribution in [0.3, 0.4) is 0 Å². The molecule has 0 saturated heterocycles. The molecule has 0 fully saturated rings. The maximum atomic E-state index is 10.9. The second kappa shape index (κ2) is 4.80. The van der Waals surface area contributed by atoms with Crippen molar-refractivity contribution in [2.24, 2.45) is 0 Å². The van der Waals surface area contributed by atoms with Gasteiger partial charge in [0.2, 0.25) is 17.5 Å². The summed E-state index contributed by atoms with van der Waals surface area (Å²) in [6.07, 6.45) is 0. The van der Waals surface area contributed by atoms with Crippen molar-refractivity contribution in [3.63, 3.8) is 0 Å². The minimum atomic E-state index is -1.82. The standard InChI is InChI=1S/C7H11ClN2O4/c1-4(11)9-7(2,6(13)14)10-5(12)3-8/h3H2,1-2H3,(H,9,11)(H,10,12)(H,13,14)/t7-/m0/s1. The molecule has 7 heteroatoms. The molecule has 6 nitrogen and oxygen atoms in total. The van der Waals surface area contributed by atoms with E-state index in [4.69, 9.17) is 16.7 Å². The van der Waals surface area contributed by atoms with Gasteiger partial charge in [0, 0.05) is 6.92 Å². The summed E-state index contributed by atoms with van der Waals surface area (Å²) in [5.74, 6) is -2.98.